The van der Waals surface area contributed by atoms with E-state index in [1.54, 1.807) is 0 Å². The Hall–Kier alpha value is -3.26. The van der Waals surface area contributed by atoms with E-state index in [2.05, 4.69) is 129 Å². The summed E-state index contributed by atoms with van der Waals surface area (Å²) in [6, 6.07) is 41.2. The van der Waals surface area contributed by atoms with Gasteiger partial charge in [0.25, 0.3) is 0 Å². The number of ether oxygens (including phenoxy) is 1. The van der Waals surface area contributed by atoms with E-state index in [0.717, 1.165) is 5.75 Å². The third kappa shape index (κ3) is 3.71. The summed E-state index contributed by atoms with van der Waals surface area (Å²) < 4.78 is 5.91. The minimum atomic E-state index is -1.31. The molecule has 144 valence electrons. The van der Waals surface area contributed by atoms with Gasteiger partial charge >= 0.3 is 0 Å². The smallest absolute Gasteiger partial charge is 0.119 e. The fourth-order valence-corrected chi connectivity index (χ4v) is 4.49. The monoisotopic (exact) mass is 377 g/mol. The van der Waals surface area contributed by atoms with Crippen molar-refractivity contribution in [2.75, 3.05) is 0 Å². The van der Waals surface area contributed by atoms with Crippen molar-refractivity contribution >= 4 is 28.0 Å². The van der Waals surface area contributed by atoms with Crippen LogP contribution in [0.4, 0.5) is 0 Å². The van der Waals surface area contributed by atoms with E-state index < -0.39 is 6.15 Å². The molecule has 0 aliphatic rings. The molecule has 0 atom stereocenters. The molecule has 4 rings (SSSR count). The van der Waals surface area contributed by atoms with Gasteiger partial charge in [-0.2, -0.15) is 21.9 Å². The SMILES string of the molecule is CC(C)Oc1ccc([B-](c2ccccc2)(c2ccccc2)c2ccccc2)cc1. The fourth-order valence-electron chi connectivity index (χ4n) is 4.49. The first kappa shape index (κ1) is 19.1. The van der Waals surface area contributed by atoms with Crippen LogP contribution < -0.4 is 26.6 Å². The molecule has 0 aliphatic heterocycles. The molecule has 0 bridgehead atoms. The maximum absolute atomic E-state index is 5.91. The maximum atomic E-state index is 5.91. The Morgan fingerprint density at radius 1 is 0.483 bits per heavy atom. The van der Waals surface area contributed by atoms with Gasteiger partial charge in [0.05, 0.1) is 6.10 Å². The van der Waals surface area contributed by atoms with Crippen molar-refractivity contribution in [1.29, 1.82) is 0 Å². The Kier molecular flexibility index (Phi) is 5.53. The van der Waals surface area contributed by atoms with Gasteiger partial charge < -0.3 is 4.74 Å². The summed E-state index contributed by atoms with van der Waals surface area (Å²) in [4.78, 5) is 0. The van der Waals surface area contributed by atoms with E-state index in [4.69, 9.17) is 4.74 Å². The minimum Gasteiger partial charge on any atom is -0.491 e. The molecular formula is C27H26BO-. The van der Waals surface area contributed by atoms with Gasteiger partial charge in [0.15, 0.2) is 0 Å². The zero-order valence-electron chi connectivity index (χ0n) is 17.0. The van der Waals surface area contributed by atoms with E-state index in [-0.39, 0.29) is 6.10 Å². The van der Waals surface area contributed by atoms with Gasteiger partial charge in [0, 0.05) is 0 Å². The standard InChI is InChI=1S/C27H26BO/c1-22(2)29-27-20-18-26(19-21-27)28(23-12-6-3-7-13-23,24-14-8-4-9-15-24)25-16-10-5-11-17-25/h3-22H,1-2H3/q-1. The van der Waals surface area contributed by atoms with E-state index in [1.807, 2.05) is 0 Å². The summed E-state index contributed by atoms with van der Waals surface area (Å²) in [5.41, 5.74) is 5.21. The lowest BCUT2D eigenvalue weighted by atomic mass is 9.13. The molecule has 0 N–H and O–H groups in total. The van der Waals surface area contributed by atoms with Gasteiger partial charge in [0.2, 0.25) is 0 Å². The summed E-state index contributed by atoms with van der Waals surface area (Å²) in [5.74, 6) is 0.905. The summed E-state index contributed by atoms with van der Waals surface area (Å²) in [5, 5.41) is 0. The van der Waals surface area contributed by atoms with Crippen LogP contribution in [0.5, 0.6) is 5.75 Å². The van der Waals surface area contributed by atoms with Crippen LogP contribution in [0.1, 0.15) is 13.8 Å². The third-order valence-corrected chi connectivity index (χ3v) is 5.65. The Balaban J connectivity index is 2.00. The van der Waals surface area contributed by atoms with Gasteiger partial charge in [-0.1, -0.05) is 103 Å². The van der Waals surface area contributed by atoms with Crippen LogP contribution in [-0.4, -0.2) is 12.2 Å². The molecule has 2 heteroatoms. The predicted octanol–water partition coefficient (Wildman–Crippen LogP) is 3.85. The molecule has 0 unspecified atom stereocenters. The lowest BCUT2D eigenvalue weighted by Crippen LogP contribution is -2.74. The first-order chi connectivity index (χ1) is 14.2. The molecule has 0 fully saturated rings. The van der Waals surface area contributed by atoms with E-state index >= 15 is 0 Å². The molecule has 0 heterocycles. The van der Waals surface area contributed by atoms with Gasteiger partial charge in [-0.3, -0.25) is 0 Å². The molecule has 0 saturated carbocycles. The highest BCUT2D eigenvalue weighted by molar-refractivity contribution is 7.19. The summed E-state index contributed by atoms with van der Waals surface area (Å²) in [6.45, 7) is 4.11. The van der Waals surface area contributed by atoms with Gasteiger partial charge in [-0.25, -0.2) is 0 Å². The van der Waals surface area contributed by atoms with Crippen LogP contribution in [0.15, 0.2) is 115 Å². The highest BCUT2D eigenvalue weighted by atomic mass is 16.5. The van der Waals surface area contributed by atoms with E-state index in [1.165, 1.54) is 21.9 Å². The second-order valence-electron chi connectivity index (χ2n) is 7.83. The van der Waals surface area contributed by atoms with Crippen LogP contribution in [0.25, 0.3) is 0 Å². The predicted molar refractivity (Wildman–Crippen MR) is 126 cm³/mol. The molecule has 0 amide bonds. The highest BCUT2D eigenvalue weighted by Crippen LogP contribution is 2.14. The second-order valence-corrected chi connectivity index (χ2v) is 7.83. The van der Waals surface area contributed by atoms with Crippen LogP contribution in [0, 0.1) is 0 Å². The zero-order valence-corrected chi connectivity index (χ0v) is 17.0. The Morgan fingerprint density at radius 2 is 0.828 bits per heavy atom. The molecular weight excluding hydrogens is 351 g/mol. The van der Waals surface area contributed by atoms with Gasteiger partial charge in [-0.15, -0.1) is 0 Å². The van der Waals surface area contributed by atoms with Crippen molar-refractivity contribution in [3.05, 3.63) is 115 Å². The topological polar surface area (TPSA) is 9.23 Å². The highest BCUT2D eigenvalue weighted by Gasteiger charge is 2.31. The van der Waals surface area contributed by atoms with E-state index in [0.29, 0.717) is 0 Å². The van der Waals surface area contributed by atoms with Gasteiger partial charge in [-0.05, 0) is 26.0 Å². The average molecular weight is 377 g/mol. The first-order valence-corrected chi connectivity index (χ1v) is 10.3. The van der Waals surface area contributed by atoms with Crippen molar-refractivity contribution in [3.8, 4) is 5.75 Å². The molecule has 0 aliphatic carbocycles. The van der Waals surface area contributed by atoms with E-state index in [9.17, 15) is 0 Å². The number of benzene rings is 4. The van der Waals surface area contributed by atoms with Crippen molar-refractivity contribution in [3.63, 3.8) is 0 Å². The number of hydrogen-bond donors (Lipinski definition) is 0. The fraction of sp³-hybridized carbons (Fsp3) is 0.111. The summed E-state index contributed by atoms with van der Waals surface area (Å²) in [6.07, 6.45) is -1.15. The third-order valence-electron chi connectivity index (χ3n) is 5.65. The molecule has 0 saturated heterocycles. The lowest BCUT2D eigenvalue weighted by Gasteiger charge is -2.44. The van der Waals surface area contributed by atoms with Crippen molar-refractivity contribution < 1.29 is 4.74 Å². The molecule has 0 aromatic heterocycles. The molecule has 4 aromatic carbocycles. The molecule has 0 spiro atoms. The summed E-state index contributed by atoms with van der Waals surface area (Å²) in [7, 11) is 0. The Bertz CT molecular complexity index is 929. The van der Waals surface area contributed by atoms with Crippen LogP contribution in [0.2, 0.25) is 0 Å². The zero-order chi connectivity index (χ0) is 20.1. The number of hydrogen-bond acceptors (Lipinski definition) is 1. The maximum Gasteiger partial charge on any atom is 0.119 e. The molecule has 1 nitrogen and oxygen atoms in total. The van der Waals surface area contributed by atoms with Crippen molar-refractivity contribution in [2.45, 2.75) is 20.0 Å². The molecule has 29 heavy (non-hydrogen) atoms. The average Bonchev–Trinajstić information content (AvgIpc) is 2.77. The largest absolute Gasteiger partial charge is 0.491 e. The summed E-state index contributed by atoms with van der Waals surface area (Å²) >= 11 is 0. The lowest BCUT2D eigenvalue weighted by molar-refractivity contribution is 0.242. The van der Waals surface area contributed by atoms with Gasteiger partial charge in [0.1, 0.15) is 11.9 Å². The first-order valence-electron chi connectivity index (χ1n) is 10.3. The Labute approximate surface area is 173 Å². The van der Waals surface area contributed by atoms with Crippen molar-refractivity contribution in [2.24, 2.45) is 0 Å². The normalized spacial score (nSPS) is 11.4. The molecule has 0 radical (unpaired) electrons. The van der Waals surface area contributed by atoms with Crippen LogP contribution in [0.3, 0.4) is 0 Å². The minimum absolute atomic E-state index is 0.161. The quantitative estimate of drug-likeness (QED) is 0.464. The van der Waals surface area contributed by atoms with Crippen LogP contribution >= 0.6 is 0 Å². The van der Waals surface area contributed by atoms with Crippen LogP contribution in [-0.2, 0) is 0 Å². The van der Waals surface area contributed by atoms with Crippen molar-refractivity contribution in [1.82, 2.24) is 0 Å². The second kappa shape index (κ2) is 8.40. The molecule has 4 aromatic rings. The number of rotatable bonds is 6. The Morgan fingerprint density at radius 3 is 1.17 bits per heavy atom.